The molecule has 1 amide bonds. The molecule has 3 heterocycles. The number of hydrogen-bond acceptors (Lipinski definition) is 3. The molecule has 27 heavy (non-hydrogen) atoms. The van der Waals surface area contributed by atoms with Gasteiger partial charge >= 0.3 is 0 Å². The van der Waals surface area contributed by atoms with E-state index in [0.29, 0.717) is 17.0 Å². The first-order chi connectivity index (χ1) is 13.0. The molecule has 2 saturated heterocycles. The Morgan fingerprint density at radius 3 is 2.52 bits per heavy atom. The van der Waals surface area contributed by atoms with E-state index in [0.717, 1.165) is 44.7 Å². The Labute approximate surface area is 162 Å². The second-order valence-electron chi connectivity index (χ2n) is 8.46. The summed E-state index contributed by atoms with van der Waals surface area (Å²) in [4.78, 5) is 21.7. The van der Waals surface area contributed by atoms with Crippen LogP contribution in [0.25, 0.3) is 0 Å². The van der Waals surface area contributed by atoms with Gasteiger partial charge in [0.15, 0.2) is 0 Å². The minimum absolute atomic E-state index is 0.0809. The van der Waals surface area contributed by atoms with Gasteiger partial charge in [-0.15, -0.1) is 0 Å². The Morgan fingerprint density at radius 2 is 1.81 bits per heavy atom. The highest BCUT2D eigenvalue weighted by Crippen LogP contribution is 2.44. The quantitative estimate of drug-likeness (QED) is 0.816. The molecular formula is C23H29N3O. The Hall–Kier alpha value is -2.20. The molecule has 1 aromatic carbocycles. The van der Waals surface area contributed by atoms with Crippen LogP contribution < -0.4 is 0 Å². The van der Waals surface area contributed by atoms with Crippen molar-refractivity contribution in [1.29, 1.82) is 0 Å². The summed E-state index contributed by atoms with van der Waals surface area (Å²) in [5.41, 5.74) is 3.25. The van der Waals surface area contributed by atoms with Crippen LogP contribution in [0.4, 0.5) is 0 Å². The summed E-state index contributed by atoms with van der Waals surface area (Å²) in [6, 6.07) is 16.6. The lowest BCUT2D eigenvalue weighted by Gasteiger charge is -2.49. The molecule has 0 radical (unpaired) electrons. The van der Waals surface area contributed by atoms with E-state index in [-0.39, 0.29) is 5.91 Å². The number of benzene rings is 1. The molecule has 0 unspecified atom stereocenters. The van der Waals surface area contributed by atoms with Crippen LogP contribution in [0.1, 0.15) is 46.9 Å². The first kappa shape index (κ1) is 18.2. The molecular weight excluding hydrogens is 334 g/mol. The van der Waals surface area contributed by atoms with E-state index in [9.17, 15) is 4.79 Å². The number of piperidine rings is 2. The van der Waals surface area contributed by atoms with E-state index in [1.165, 1.54) is 12.0 Å². The third-order valence-electron chi connectivity index (χ3n) is 6.31. The summed E-state index contributed by atoms with van der Waals surface area (Å²) < 4.78 is 0. The van der Waals surface area contributed by atoms with Gasteiger partial charge in [0, 0.05) is 31.9 Å². The SMILES string of the molecule is Cc1cccc(C(=O)N2CCC3(CC2)C[C@H](c2ccccc2)CN(C)C3)n1. The maximum atomic E-state index is 12.8. The number of aryl methyl sites for hydroxylation is 1. The molecule has 4 rings (SSSR count). The molecule has 0 bridgehead atoms. The first-order valence-electron chi connectivity index (χ1n) is 10.0. The number of likely N-dealkylation sites (N-methyl/N-ethyl adjacent to an activating group) is 1. The Bertz CT molecular complexity index is 796. The van der Waals surface area contributed by atoms with Crippen molar-refractivity contribution >= 4 is 5.91 Å². The van der Waals surface area contributed by atoms with Crippen molar-refractivity contribution in [2.45, 2.75) is 32.1 Å². The Kier molecular flexibility index (Phi) is 5.00. The van der Waals surface area contributed by atoms with Crippen molar-refractivity contribution in [2.24, 2.45) is 5.41 Å². The van der Waals surface area contributed by atoms with E-state index < -0.39 is 0 Å². The average Bonchev–Trinajstić information content (AvgIpc) is 2.68. The summed E-state index contributed by atoms with van der Waals surface area (Å²) in [6.45, 7) is 5.87. The molecule has 142 valence electrons. The van der Waals surface area contributed by atoms with Crippen molar-refractivity contribution in [3.63, 3.8) is 0 Å². The van der Waals surface area contributed by atoms with Crippen molar-refractivity contribution in [3.8, 4) is 0 Å². The first-order valence-corrected chi connectivity index (χ1v) is 10.0. The molecule has 4 nitrogen and oxygen atoms in total. The van der Waals surface area contributed by atoms with Gasteiger partial charge in [-0.2, -0.15) is 0 Å². The molecule has 1 aromatic heterocycles. The standard InChI is InChI=1S/C23H29N3O/c1-18-7-6-10-21(24-18)22(27)26-13-11-23(12-14-26)15-20(16-25(2)17-23)19-8-4-3-5-9-19/h3-10,20H,11-17H2,1-2H3/t20-/m0/s1. The van der Waals surface area contributed by atoms with Crippen LogP contribution in [0.2, 0.25) is 0 Å². The van der Waals surface area contributed by atoms with Gasteiger partial charge in [0.05, 0.1) is 0 Å². The lowest BCUT2D eigenvalue weighted by molar-refractivity contribution is 0.0222. The minimum Gasteiger partial charge on any atom is -0.337 e. The topological polar surface area (TPSA) is 36.4 Å². The molecule has 1 spiro atoms. The predicted molar refractivity (Wildman–Crippen MR) is 108 cm³/mol. The lowest BCUT2D eigenvalue weighted by atomic mass is 9.68. The largest absolute Gasteiger partial charge is 0.337 e. The molecule has 2 aliphatic heterocycles. The molecule has 0 N–H and O–H groups in total. The van der Waals surface area contributed by atoms with Crippen molar-refractivity contribution < 1.29 is 4.79 Å². The third-order valence-corrected chi connectivity index (χ3v) is 6.31. The number of likely N-dealkylation sites (tertiary alicyclic amines) is 2. The van der Waals surface area contributed by atoms with Crippen molar-refractivity contribution in [3.05, 3.63) is 65.5 Å². The summed E-state index contributed by atoms with van der Waals surface area (Å²) in [5, 5.41) is 0. The number of nitrogens with zero attached hydrogens (tertiary/aromatic N) is 3. The van der Waals surface area contributed by atoms with Crippen LogP contribution in [-0.4, -0.2) is 53.9 Å². The third kappa shape index (κ3) is 3.91. The van der Waals surface area contributed by atoms with E-state index in [1.54, 1.807) is 0 Å². The number of pyridine rings is 1. The smallest absolute Gasteiger partial charge is 0.272 e. The van der Waals surface area contributed by atoms with Crippen LogP contribution in [0.3, 0.4) is 0 Å². The fraction of sp³-hybridized carbons (Fsp3) is 0.478. The fourth-order valence-electron chi connectivity index (χ4n) is 4.98. The Morgan fingerprint density at radius 1 is 1.07 bits per heavy atom. The number of amides is 1. The fourth-order valence-corrected chi connectivity index (χ4v) is 4.98. The van der Waals surface area contributed by atoms with Gasteiger partial charge in [-0.25, -0.2) is 4.98 Å². The van der Waals surface area contributed by atoms with Crippen molar-refractivity contribution in [1.82, 2.24) is 14.8 Å². The normalized spacial score (nSPS) is 22.7. The summed E-state index contributed by atoms with van der Waals surface area (Å²) in [6.07, 6.45) is 3.39. The second-order valence-corrected chi connectivity index (χ2v) is 8.46. The number of carbonyl (C=O) groups excluding carboxylic acids is 1. The van der Waals surface area contributed by atoms with Gasteiger partial charge in [-0.3, -0.25) is 4.79 Å². The number of rotatable bonds is 2. The molecule has 1 atom stereocenters. The average molecular weight is 364 g/mol. The van der Waals surface area contributed by atoms with Gasteiger partial charge in [0.25, 0.3) is 5.91 Å². The van der Waals surface area contributed by atoms with Crippen LogP contribution in [0.15, 0.2) is 48.5 Å². The van der Waals surface area contributed by atoms with Crippen LogP contribution in [-0.2, 0) is 0 Å². The van der Waals surface area contributed by atoms with Crippen molar-refractivity contribution in [2.75, 3.05) is 33.2 Å². The minimum atomic E-state index is 0.0809. The second kappa shape index (κ2) is 7.43. The molecule has 0 aliphatic carbocycles. The Balaban J connectivity index is 1.45. The van der Waals surface area contributed by atoms with Crippen LogP contribution in [0.5, 0.6) is 0 Å². The van der Waals surface area contributed by atoms with Gasteiger partial charge in [0.2, 0.25) is 0 Å². The van der Waals surface area contributed by atoms with E-state index in [4.69, 9.17) is 0 Å². The number of aromatic nitrogens is 1. The van der Waals surface area contributed by atoms with Gasteiger partial charge in [-0.05, 0) is 62.3 Å². The summed E-state index contributed by atoms with van der Waals surface area (Å²) >= 11 is 0. The van der Waals surface area contributed by atoms with E-state index in [2.05, 4.69) is 47.3 Å². The van der Waals surface area contributed by atoms with E-state index >= 15 is 0 Å². The van der Waals surface area contributed by atoms with Gasteiger partial charge in [0.1, 0.15) is 5.69 Å². The lowest BCUT2D eigenvalue weighted by Crippen LogP contribution is -2.51. The summed E-state index contributed by atoms with van der Waals surface area (Å²) in [7, 11) is 2.24. The monoisotopic (exact) mass is 363 g/mol. The number of hydrogen-bond donors (Lipinski definition) is 0. The zero-order valence-electron chi connectivity index (χ0n) is 16.4. The molecule has 2 fully saturated rings. The zero-order valence-corrected chi connectivity index (χ0v) is 16.4. The van der Waals surface area contributed by atoms with Gasteiger partial charge in [-0.1, -0.05) is 36.4 Å². The maximum Gasteiger partial charge on any atom is 0.272 e. The highest BCUT2D eigenvalue weighted by Gasteiger charge is 2.42. The summed E-state index contributed by atoms with van der Waals surface area (Å²) in [5.74, 6) is 0.669. The molecule has 2 aliphatic rings. The molecule has 2 aromatic rings. The molecule has 4 heteroatoms. The van der Waals surface area contributed by atoms with Crippen LogP contribution >= 0.6 is 0 Å². The van der Waals surface area contributed by atoms with Crippen LogP contribution in [0, 0.1) is 12.3 Å². The van der Waals surface area contributed by atoms with E-state index in [1.807, 2.05) is 30.0 Å². The number of carbonyl (C=O) groups is 1. The zero-order chi connectivity index (χ0) is 18.9. The highest BCUT2D eigenvalue weighted by molar-refractivity contribution is 5.92. The molecule has 0 saturated carbocycles. The maximum absolute atomic E-state index is 12.8. The highest BCUT2D eigenvalue weighted by atomic mass is 16.2. The van der Waals surface area contributed by atoms with Gasteiger partial charge < -0.3 is 9.80 Å². The predicted octanol–water partition coefficient (Wildman–Crippen LogP) is 3.73.